The van der Waals surface area contributed by atoms with Crippen LogP contribution in [0, 0.1) is 0 Å². The third-order valence-electron chi connectivity index (χ3n) is 5.90. The van der Waals surface area contributed by atoms with Crippen LogP contribution in [0.5, 0.6) is 11.5 Å². The standard InChI is InChI=1S/C26H34N2O2.2C2H4O2.Co/c1-17(2)19-8-10-25(29)21(12-19)15-27-23-6-5-7-24(14-23)28-16-22-13-20(18(3)4)9-11-26(22)30;2*1-2(3)4;/h8-13,15-18,23-24,29-30H,5-7,14H2,1-4H3;2*1H3,(H,3,4);/q;;;+2/p-2. The van der Waals surface area contributed by atoms with Gasteiger partial charge in [-0.05, 0) is 86.8 Å². The molecule has 3 rings (SSSR count). The smallest absolute Gasteiger partial charge is 0.550 e. The summed E-state index contributed by atoms with van der Waals surface area (Å²) in [4.78, 5) is 27.3. The molecule has 1 fully saturated rings. The monoisotopic (exact) mass is 583 g/mol. The summed E-state index contributed by atoms with van der Waals surface area (Å²) < 4.78 is 0. The molecule has 8 nitrogen and oxygen atoms in total. The summed E-state index contributed by atoms with van der Waals surface area (Å²) in [6.07, 6.45) is 7.69. The third-order valence-corrected chi connectivity index (χ3v) is 5.90. The minimum absolute atomic E-state index is 0. The first-order valence-corrected chi connectivity index (χ1v) is 12.9. The largest absolute Gasteiger partial charge is 2.00 e. The van der Waals surface area contributed by atoms with Crippen molar-refractivity contribution >= 4 is 24.4 Å². The number of benzene rings is 2. The number of phenolic OH excluding ortho intramolecular Hbond substituents is 2. The first-order valence-electron chi connectivity index (χ1n) is 12.9. The zero-order chi connectivity index (χ0) is 28.8. The number of hydrogen-bond acceptors (Lipinski definition) is 8. The van der Waals surface area contributed by atoms with Crippen molar-refractivity contribution in [2.75, 3.05) is 0 Å². The van der Waals surface area contributed by atoms with E-state index in [2.05, 4.69) is 27.7 Å². The van der Waals surface area contributed by atoms with E-state index in [1.54, 1.807) is 12.1 Å². The molecule has 0 aromatic heterocycles. The molecule has 1 aliphatic carbocycles. The number of phenols is 2. The van der Waals surface area contributed by atoms with Gasteiger partial charge in [0.25, 0.3) is 0 Å². The molecule has 2 atom stereocenters. The number of hydrogen-bond donors (Lipinski definition) is 2. The van der Waals surface area contributed by atoms with Gasteiger partial charge in [-0.1, -0.05) is 39.8 Å². The van der Waals surface area contributed by atoms with Gasteiger partial charge in [-0.15, -0.1) is 0 Å². The molecule has 2 aromatic carbocycles. The molecule has 1 radical (unpaired) electrons. The molecule has 0 bridgehead atoms. The van der Waals surface area contributed by atoms with Gasteiger partial charge < -0.3 is 30.0 Å². The SMILES string of the molecule is CC(=O)[O-].CC(=O)[O-].CC(C)c1ccc(O)c(C=NC2CCCC(N=Cc3cc(C(C)C)ccc3O)C2)c1.[Co+2]. The zero-order valence-electron chi connectivity index (χ0n) is 23.5. The average molecular weight is 584 g/mol. The summed E-state index contributed by atoms with van der Waals surface area (Å²) in [7, 11) is 0. The molecule has 0 amide bonds. The molecule has 2 aromatic rings. The van der Waals surface area contributed by atoms with E-state index in [4.69, 9.17) is 29.8 Å². The van der Waals surface area contributed by atoms with Gasteiger partial charge in [-0.3, -0.25) is 9.98 Å². The van der Waals surface area contributed by atoms with E-state index < -0.39 is 11.9 Å². The van der Waals surface area contributed by atoms with Crippen LogP contribution in [0.1, 0.15) is 101 Å². The van der Waals surface area contributed by atoms with E-state index in [0.29, 0.717) is 11.8 Å². The second-order valence-electron chi connectivity index (χ2n) is 9.96. The van der Waals surface area contributed by atoms with Crippen molar-refractivity contribution in [3.8, 4) is 11.5 Å². The number of carboxylic acid groups (broad SMARTS) is 2. The van der Waals surface area contributed by atoms with Crippen LogP contribution in [0.4, 0.5) is 0 Å². The molecule has 0 spiro atoms. The van der Waals surface area contributed by atoms with Crippen LogP contribution in [0.25, 0.3) is 0 Å². The summed E-state index contributed by atoms with van der Waals surface area (Å²) in [5.74, 6) is -0.795. The van der Waals surface area contributed by atoms with Crippen molar-refractivity contribution in [3.63, 3.8) is 0 Å². The van der Waals surface area contributed by atoms with E-state index in [0.717, 1.165) is 50.7 Å². The summed E-state index contributed by atoms with van der Waals surface area (Å²) in [5.41, 5.74) is 3.96. The average Bonchev–Trinajstić information content (AvgIpc) is 2.82. The van der Waals surface area contributed by atoms with Crippen molar-refractivity contribution < 1.29 is 46.8 Å². The van der Waals surface area contributed by atoms with Crippen LogP contribution in [-0.2, 0) is 26.4 Å². The van der Waals surface area contributed by atoms with Gasteiger partial charge in [0.05, 0.1) is 12.1 Å². The van der Waals surface area contributed by atoms with Crippen molar-refractivity contribution in [3.05, 3.63) is 58.7 Å². The van der Waals surface area contributed by atoms with Gasteiger partial charge in [0.2, 0.25) is 0 Å². The van der Waals surface area contributed by atoms with Crippen LogP contribution >= 0.6 is 0 Å². The van der Waals surface area contributed by atoms with Crippen LogP contribution < -0.4 is 10.2 Å². The van der Waals surface area contributed by atoms with E-state index in [9.17, 15) is 10.2 Å². The molecule has 1 aliphatic rings. The number of carboxylic acids is 2. The van der Waals surface area contributed by atoms with Crippen LogP contribution in [-0.4, -0.2) is 46.7 Å². The molecule has 2 unspecified atom stereocenters. The molecule has 9 heteroatoms. The fourth-order valence-corrected chi connectivity index (χ4v) is 3.85. The number of carbonyl (C=O) groups is 2. The van der Waals surface area contributed by atoms with E-state index in [-0.39, 0.29) is 40.4 Å². The van der Waals surface area contributed by atoms with Crippen molar-refractivity contribution in [2.45, 2.75) is 91.1 Å². The molecule has 0 saturated heterocycles. The van der Waals surface area contributed by atoms with E-state index in [1.807, 2.05) is 36.7 Å². The normalized spacial score (nSPS) is 16.7. The Bertz CT molecular complexity index is 1020. The van der Waals surface area contributed by atoms with Crippen molar-refractivity contribution in [1.29, 1.82) is 0 Å². The predicted molar refractivity (Wildman–Crippen MR) is 147 cm³/mol. The Morgan fingerprint density at radius 1 is 0.795 bits per heavy atom. The van der Waals surface area contributed by atoms with Crippen LogP contribution in [0.2, 0.25) is 0 Å². The minimum atomic E-state index is -1.08. The number of rotatable bonds is 6. The molecule has 0 aliphatic heterocycles. The van der Waals surface area contributed by atoms with Crippen molar-refractivity contribution in [2.24, 2.45) is 9.98 Å². The first kappa shape index (κ1) is 35.8. The van der Waals surface area contributed by atoms with E-state index in [1.165, 1.54) is 11.1 Å². The Morgan fingerprint density at radius 2 is 1.13 bits per heavy atom. The first-order chi connectivity index (χ1) is 17.8. The fraction of sp³-hybridized carbons (Fsp3) is 0.467. The molecule has 39 heavy (non-hydrogen) atoms. The maximum Gasteiger partial charge on any atom is 2.00 e. The molecule has 1 saturated carbocycles. The molecule has 2 N–H and O–H groups in total. The second-order valence-corrected chi connectivity index (χ2v) is 9.96. The topological polar surface area (TPSA) is 145 Å². The van der Waals surface area contributed by atoms with Gasteiger partial charge in [0.1, 0.15) is 11.5 Å². The van der Waals surface area contributed by atoms with Crippen LogP contribution in [0.3, 0.4) is 0 Å². The van der Waals surface area contributed by atoms with Crippen molar-refractivity contribution in [1.82, 2.24) is 0 Å². The van der Waals surface area contributed by atoms with Crippen LogP contribution in [0.15, 0.2) is 46.4 Å². The summed E-state index contributed by atoms with van der Waals surface area (Å²) >= 11 is 0. The Hall–Kier alpha value is -3.17. The second kappa shape index (κ2) is 18.2. The Labute approximate surface area is 242 Å². The minimum Gasteiger partial charge on any atom is -0.550 e. The molecule has 215 valence electrons. The molecule has 0 heterocycles. The maximum absolute atomic E-state index is 10.2. The predicted octanol–water partition coefficient (Wildman–Crippen LogP) is 3.70. The number of carbonyl (C=O) groups excluding carboxylic acids is 2. The van der Waals surface area contributed by atoms with Gasteiger partial charge in [-0.2, -0.15) is 0 Å². The third kappa shape index (κ3) is 14.5. The van der Waals surface area contributed by atoms with Gasteiger partial charge in [0, 0.05) is 35.5 Å². The Morgan fingerprint density at radius 3 is 1.44 bits per heavy atom. The number of aromatic hydroxyl groups is 2. The van der Waals surface area contributed by atoms with Gasteiger partial charge in [0.15, 0.2) is 0 Å². The quantitative estimate of drug-likeness (QED) is 0.496. The maximum atomic E-state index is 10.2. The van der Waals surface area contributed by atoms with Gasteiger partial charge >= 0.3 is 16.8 Å². The number of nitrogens with zero attached hydrogens (tertiary/aromatic N) is 2. The summed E-state index contributed by atoms with van der Waals surface area (Å²) in [5, 5.41) is 38.1. The number of aliphatic carboxylic acids is 2. The molecular weight excluding hydrogens is 543 g/mol. The molecular formula is C30H40CoN2O6. The summed E-state index contributed by atoms with van der Waals surface area (Å²) in [6, 6.07) is 11.9. The fourth-order valence-electron chi connectivity index (χ4n) is 3.85. The van der Waals surface area contributed by atoms with Gasteiger partial charge in [-0.25, -0.2) is 0 Å². The summed E-state index contributed by atoms with van der Waals surface area (Å²) in [6.45, 7) is 10.5. The Balaban J connectivity index is 0.00000142. The van der Waals surface area contributed by atoms with E-state index >= 15 is 0 Å². The number of aliphatic imine (C=N–C) groups is 2. The Kier molecular flexibility index (Phi) is 16.7. The zero-order valence-corrected chi connectivity index (χ0v) is 24.6.